The zero-order valence-electron chi connectivity index (χ0n) is 7.92. The van der Waals surface area contributed by atoms with E-state index >= 15 is 0 Å². The fourth-order valence-electron chi connectivity index (χ4n) is 1.01. The number of esters is 1. The van der Waals surface area contributed by atoms with E-state index in [1.807, 2.05) is 0 Å². The van der Waals surface area contributed by atoms with Crippen molar-refractivity contribution in [3.05, 3.63) is 33.7 Å². The summed E-state index contributed by atoms with van der Waals surface area (Å²) in [6, 6.07) is 1.65. The molecule has 0 spiro atoms. The zero-order chi connectivity index (χ0) is 11.4. The molecule has 0 fully saturated rings. The van der Waals surface area contributed by atoms with Crippen LogP contribution in [0.1, 0.15) is 29.4 Å². The number of hydrogen-bond acceptors (Lipinski definition) is 3. The van der Waals surface area contributed by atoms with Crippen LogP contribution < -0.4 is 5.56 Å². The molecule has 0 atom stereocenters. The Morgan fingerprint density at radius 1 is 1.53 bits per heavy atom. The van der Waals surface area contributed by atoms with E-state index in [4.69, 9.17) is 0 Å². The summed E-state index contributed by atoms with van der Waals surface area (Å²) in [5.74, 6) is -0.822. The molecule has 0 aliphatic heterocycles. The molecule has 0 aliphatic rings. The molecule has 6 heteroatoms. The molecule has 0 amide bonds. The number of nitrogens with one attached hydrogen (secondary N) is 1. The molecule has 1 N–H and O–H groups in total. The third kappa shape index (κ3) is 2.87. The first-order valence-electron chi connectivity index (χ1n) is 4.24. The van der Waals surface area contributed by atoms with E-state index < -0.39 is 23.5 Å². The minimum absolute atomic E-state index is 0.111. The van der Waals surface area contributed by atoms with E-state index in [0.717, 1.165) is 12.1 Å². The Kier molecular flexibility index (Phi) is 3.54. The Morgan fingerprint density at radius 2 is 2.20 bits per heavy atom. The summed E-state index contributed by atoms with van der Waals surface area (Å²) in [5, 5.41) is 0. The minimum Gasteiger partial charge on any atom is -0.461 e. The second kappa shape index (κ2) is 4.68. The highest BCUT2D eigenvalue weighted by atomic mass is 19.3. The highest BCUT2D eigenvalue weighted by Crippen LogP contribution is 2.17. The molecular formula is C9H9F2NO3. The number of rotatable bonds is 3. The van der Waals surface area contributed by atoms with E-state index in [9.17, 15) is 18.4 Å². The van der Waals surface area contributed by atoms with Crippen LogP contribution in [0.3, 0.4) is 0 Å². The van der Waals surface area contributed by atoms with Crippen LogP contribution in [-0.4, -0.2) is 17.6 Å². The number of halogens is 2. The van der Waals surface area contributed by atoms with Gasteiger partial charge in [-0.2, -0.15) is 0 Å². The summed E-state index contributed by atoms with van der Waals surface area (Å²) in [4.78, 5) is 24.2. The van der Waals surface area contributed by atoms with Gasteiger partial charge in [0.1, 0.15) is 5.69 Å². The lowest BCUT2D eigenvalue weighted by atomic mass is 10.2. The maximum atomic E-state index is 12.3. The molecule has 0 bridgehead atoms. The third-order valence-electron chi connectivity index (χ3n) is 1.61. The first-order chi connectivity index (χ1) is 7.04. The molecule has 0 unspecified atom stereocenters. The molecular weight excluding hydrogens is 208 g/mol. The van der Waals surface area contributed by atoms with E-state index in [1.165, 1.54) is 0 Å². The maximum absolute atomic E-state index is 12.3. The smallest absolute Gasteiger partial charge is 0.354 e. The van der Waals surface area contributed by atoms with Gasteiger partial charge < -0.3 is 9.72 Å². The normalized spacial score (nSPS) is 10.4. The van der Waals surface area contributed by atoms with Crippen LogP contribution in [0.4, 0.5) is 8.78 Å². The van der Waals surface area contributed by atoms with Crippen LogP contribution in [0, 0.1) is 0 Å². The topological polar surface area (TPSA) is 59.2 Å². The van der Waals surface area contributed by atoms with Gasteiger partial charge in [-0.05, 0) is 13.0 Å². The molecule has 1 aromatic rings. The quantitative estimate of drug-likeness (QED) is 0.780. The van der Waals surface area contributed by atoms with Crippen LogP contribution in [0.15, 0.2) is 16.9 Å². The molecule has 15 heavy (non-hydrogen) atoms. The van der Waals surface area contributed by atoms with E-state index in [-0.39, 0.29) is 12.3 Å². The molecule has 1 rings (SSSR count). The first kappa shape index (κ1) is 11.4. The summed E-state index contributed by atoms with van der Waals surface area (Å²) in [7, 11) is 0. The Morgan fingerprint density at radius 3 is 2.73 bits per heavy atom. The number of H-pyrrole nitrogens is 1. The van der Waals surface area contributed by atoms with Crippen molar-refractivity contribution in [3.8, 4) is 0 Å². The largest absolute Gasteiger partial charge is 0.461 e. The average Bonchev–Trinajstić information content (AvgIpc) is 2.17. The number of aromatic nitrogens is 1. The van der Waals surface area contributed by atoms with E-state index in [0.29, 0.717) is 0 Å². The van der Waals surface area contributed by atoms with Gasteiger partial charge in [0.05, 0.1) is 6.61 Å². The number of pyridine rings is 1. The molecule has 1 aromatic heterocycles. The lowest BCUT2D eigenvalue weighted by Gasteiger charge is -2.03. The van der Waals surface area contributed by atoms with Gasteiger partial charge in [-0.15, -0.1) is 0 Å². The number of aromatic amines is 1. The van der Waals surface area contributed by atoms with Crippen molar-refractivity contribution in [2.45, 2.75) is 13.3 Å². The highest BCUT2D eigenvalue weighted by molar-refractivity contribution is 5.87. The number of hydrogen-bond donors (Lipinski definition) is 1. The van der Waals surface area contributed by atoms with Gasteiger partial charge in [-0.25, -0.2) is 13.6 Å². The molecule has 0 aliphatic carbocycles. The number of carbonyl (C=O) groups excluding carboxylic acids is 1. The fraction of sp³-hybridized carbons (Fsp3) is 0.333. The van der Waals surface area contributed by atoms with Gasteiger partial charge in [-0.3, -0.25) is 4.79 Å². The Bertz CT molecular complexity index is 414. The second-order valence-electron chi connectivity index (χ2n) is 2.71. The van der Waals surface area contributed by atoms with Gasteiger partial charge in [0, 0.05) is 11.6 Å². The summed E-state index contributed by atoms with van der Waals surface area (Å²) in [6.45, 7) is 1.69. The van der Waals surface area contributed by atoms with Crippen molar-refractivity contribution in [3.63, 3.8) is 0 Å². The van der Waals surface area contributed by atoms with Gasteiger partial charge in [0.25, 0.3) is 6.43 Å². The maximum Gasteiger partial charge on any atom is 0.354 e. The SMILES string of the molecule is CCOC(=O)c1cc(C(F)F)cc(=O)[nH]1. The zero-order valence-corrected chi connectivity index (χ0v) is 7.92. The molecule has 82 valence electrons. The average molecular weight is 217 g/mol. The Balaban J connectivity index is 3.09. The van der Waals surface area contributed by atoms with Crippen LogP contribution in [0.5, 0.6) is 0 Å². The van der Waals surface area contributed by atoms with Gasteiger partial charge in [-0.1, -0.05) is 0 Å². The number of ether oxygens (including phenoxy) is 1. The van der Waals surface area contributed by atoms with Crippen molar-refractivity contribution in [1.29, 1.82) is 0 Å². The summed E-state index contributed by atoms with van der Waals surface area (Å²) >= 11 is 0. The summed E-state index contributed by atoms with van der Waals surface area (Å²) in [5.41, 5.74) is -1.52. The Labute approximate surface area is 83.9 Å². The van der Waals surface area contributed by atoms with E-state index in [2.05, 4.69) is 9.72 Å². The van der Waals surface area contributed by atoms with Crippen LogP contribution in [0.25, 0.3) is 0 Å². The predicted octanol–water partition coefficient (Wildman–Crippen LogP) is 1.49. The summed E-state index contributed by atoms with van der Waals surface area (Å²) in [6.07, 6.45) is -2.79. The monoisotopic (exact) mass is 217 g/mol. The summed E-state index contributed by atoms with van der Waals surface area (Å²) < 4.78 is 29.1. The van der Waals surface area contributed by atoms with Crippen molar-refractivity contribution >= 4 is 5.97 Å². The van der Waals surface area contributed by atoms with Crippen LogP contribution in [0.2, 0.25) is 0 Å². The third-order valence-corrected chi connectivity index (χ3v) is 1.61. The van der Waals surface area contributed by atoms with Crippen molar-refractivity contribution in [2.24, 2.45) is 0 Å². The standard InChI is InChI=1S/C9H9F2NO3/c1-2-15-9(14)6-3-5(8(10)11)4-7(13)12-6/h3-4,8H,2H2,1H3,(H,12,13). The van der Waals surface area contributed by atoms with Crippen molar-refractivity contribution in [1.82, 2.24) is 4.98 Å². The predicted molar refractivity (Wildman–Crippen MR) is 48.0 cm³/mol. The second-order valence-corrected chi connectivity index (χ2v) is 2.71. The highest BCUT2D eigenvalue weighted by Gasteiger charge is 2.13. The molecule has 0 aromatic carbocycles. The van der Waals surface area contributed by atoms with Crippen molar-refractivity contribution < 1.29 is 18.3 Å². The Hall–Kier alpha value is -1.72. The van der Waals surface area contributed by atoms with Gasteiger partial charge >= 0.3 is 5.97 Å². The molecule has 1 heterocycles. The van der Waals surface area contributed by atoms with Crippen LogP contribution >= 0.6 is 0 Å². The van der Waals surface area contributed by atoms with Gasteiger partial charge in [0.2, 0.25) is 5.56 Å². The molecule has 0 saturated heterocycles. The molecule has 4 nitrogen and oxygen atoms in total. The number of carbonyl (C=O) groups is 1. The fourth-order valence-corrected chi connectivity index (χ4v) is 1.01. The van der Waals surface area contributed by atoms with Crippen LogP contribution in [-0.2, 0) is 4.74 Å². The minimum atomic E-state index is -2.79. The molecule has 0 saturated carbocycles. The van der Waals surface area contributed by atoms with E-state index in [1.54, 1.807) is 6.92 Å². The lowest BCUT2D eigenvalue weighted by Crippen LogP contribution is -2.15. The number of alkyl halides is 2. The molecule has 0 radical (unpaired) electrons. The van der Waals surface area contributed by atoms with Gasteiger partial charge in [0.15, 0.2) is 0 Å². The first-order valence-corrected chi connectivity index (χ1v) is 4.24. The lowest BCUT2D eigenvalue weighted by molar-refractivity contribution is 0.0518. The van der Waals surface area contributed by atoms with Crippen molar-refractivity contribution in [2.75, 3.05) is 6.61 Å².